The third-order valence-corrected chi connectivity index (χ3v) is 3.49. The summed E-state index contributed by atoms with van der Waals surface area (Å²) in [6.45, 7) is 14.8. The van der Waals surface area contributed by atoms with Gasteiger partial charge in [-0.15, -0.1) is 0 Å². The first-order valence-corrected chi connectivity index (χ1v) is 9.51. The molecule has 0 bridgehead atoms. The Bertz CT molecular complexity index is 789. The van der Waals surface area contributed by atoms with Crippen molar-refractivity contribution in [1.29, 1.82) is 10.7 Å². The highest BCUT2D eigenvalue weighted by Crippen LogP contribution is 2.31. The molecule has 0 spiro atoms. The number of nitriles is 1. The van der Waals surface area contributed by atoms with E-state index in [-0.39, 0.29) is 11.3 Å². The van der Waals surface area contributed by atoms with Crippen molar-refractivity contribution in [2.45, 2.75) is 59.6 Å². The molecule has 1 aliphatic carbocycles. The zero-order valence-corrected chi connectivity index (χ0v) is 17.5. The lowest BCUT2D eigenvalue weighted by molar-refractivity contribution is -0.137. The maximum atomic E-state index is 12.8. The highest BCUT2D eigenvalue weighted by atomic mass is 19.4. The second-order valence-corrected chi connectivity index (χ2v) is 5.28. The van der Waals surface area contributed by atoms with Crippen molar-refractivity contribution in [2.24, 2.45) is 0 Å². The van der Waals surface area contributed by atoms with Crippen molar-refractivity contribution in [3.63, 3.8) is 0 Å². The third-order valence-electron chi connectivity index (χ3n) is 3.49. The fraction of sp³-hybridized carbons (Fsp3) is 0.409. The Balaban J connectivity index is 0. The number of hydrogen-bond acceptors (Lipinski definition) is 3. The number of allylic oxidation sites excluding steroid dienone is 4. The number of aromatic amines is 1. The second-order valence-electron chi connectivity index (χ2n) is 5.28. The summed E-state index contributed by atoms with van der Waals surface area (Å²) in [5.74, 6) is 0. The number of alkyl halides is 3. The number of halogens is 3. The fourth-order valence-electron chi connectivity index (χ4n) is 2.25. The molecule has 2 rings (SSSR count). The average Bonchev–Trinajstić information content (AvgIpc) is 3.19. The minimum atomic E-state index is -4.78. The first-order chi connectivity index (χ1) is 13.7. The standard InChI is InChI=1S/C13H9F3N2O.C5H9N.2C2H6/c1-3-5-8(4-2)11-6-10(13(14,15)16)9(7-17)12(19)18-11;6-5-3-1-2-4-5;2*1-2/h3-6H,1-2H2,(H,18,19);6H,1-4H2;2*1-2H3/b8-5+;;;. The fourth-order valence-corrected chi connectivity index (χ4v) is 2.25. The molecule has 0 atom stereocenters. The van der Waals surface area contributed by atoms with E-state index in [1.165, 1.54) is 37.1 Å². The van der Waals surface area contributed by atoms with Crippen LogP contribution in [-0.2, 0) is 6.18 Å². The predicted octanol–water partition coefficient (Wildman–Crippen LogP) is 6.65. The van der Waals surface area contributed by atoms with E-state index in [1.54, 1.807) is 0 Å². The molecule has 7 heteroatoms. The van der Waals surface area contributed by atoms with Crippen molar-refractivity contribution in [2.75, 3.05) is 0 Å². The Morgan fingerprint density at radius 3 is 2.03 bits per heavy atom. The Hall–Kier alpha value is -2.88. The molecule has 0 aromatic carbocycles. The Morgan fingerprint density at radius 2 is 1.72 bits per heavy atom. The predicted molar refractivity (Wildman–Crippen MR) is 114 cm³/mol. The quantitative estimate of drug-likeness (QED) is 0.548. The topological polar surface area (TPSA) is 80.5 Å². The van der Waals surface area contributed by atoms with E-state index in [4.69, 9.17) is 10.7 Å². The molecule has 0 unspecified atom stereocenters. The normalized spacial score (nSPS) is 12.8. The maximum absolute atomic E-state index is 12.8. The molecule has 160 valence electrons. The van der Waals surface area contributed by atoms with Crippen LogP contribution in [-0.4, -0.2) is 10.7 Å². The summed E-state index contributed by atoms with van der Waals surface area (Å²) >= 11 is 0. The van der Waals surface area contributed by atoms with Crippen molar-refractivity contribution >= 4 is 11.3 Å². The van der Waals surface area contributed by atoms with Gasteiger partial charge >= 0.3 is 6.18 Å². The Morgan fingerprint density at radius 1 is 1.21 bits per heavy atom. The van der Waals surface area contributed by atoms with Gasteiger partial charge in [-0.05, 0) is 37.3 Å². The van der Waals surface area contributed by atoms with Crippen LogP contribution in [0.15, 0.2) is 42.2 Å². The summed E-state index contributed by atoms with van der Waals surface area (Å²) in [7, 11) is 0. The van der Waals surface area contributed by atoms with Crippen molar-refractivity contribution in [3.8, 4) is 6.07 Å². The second kappa shape index (κ2) is 15.1. The summed E-state index contributed by atoms with van der Waals surface area (Å²) in [6, 6.07) is 1.96. The van der Waals surface area contributed by atoms with Gasteiger partial charge < -0.3 is 10.4 Å². The number of H-pyrrole nitrogens is 1. The maximum Gasteiger partial charge on any atom is 0.417 e. The van der Waals surface area contributed by atoms with Gasteiger partial charge in [-0.3, -0.25) is 4.79 Å². The monoisotopic (exact) mass is 409 g/mol. The van der Waals surface area contributed by atoms with Crippen LogP contribution >= 0.6 is 0 Å². The van der Waals surface area contributed by atoms with E-state index < -0.39 is 22.9 Å². The molecule has 2 N–H and O–H groups in total. The Kier molecular flexibility index (Phi) is 14.7. The number of nitrogens with zero attached hydrogens (tertiary/aromatic N) is 1. The van der Waals surface area contributed by atoms with Crippen LogP contribution < -0.4 is 5.56 Å². The lowest BCUT2D eigenvalue weighted by atomic mass is 10.1. The van der Waals surface area contributed by atoms with Crippen molar-refractivity contribution < 1.29 is 13.2 Å². The summed E-state index contributed by atoms with van der Waals surface area (Å²) in [5.41, 5.74) is -2.18. The van der Waals surface area contributed by atoms with E-state index in [0.29, 0.717) is 6.07 Å². The van der Waals surface area contributed by atoms with E-state index in [1.807, 2.05) is 27.7 Å². The van der Waals surface area contributed by atoms with E-state index in [9.17, 15) is 18.0 Å². The summed E-state index contributed by atoms with van der Waals surface area (Å²) in [5, 5.41) is 15.7. The molecule has 1 aromatic rings. The van der Waals surface area contributed by atoms with Gasteiger partial charge in [-0.25, -0.2) is 0 Å². The lowest BCUT2D eigenvalue weighted by Gasteiger charge is -2.10. The van der Waals surface area contributed by atoms with Crippen molar-refractivity contribution in [3.05, 3.63) is 64.6 Å². The average molecular weight is 409 g/mol. The van der Waals surface area contributed by atoms with Crippen LogP contribution in [0.3, 0.4) is 0 Å². The third kappa shape index (κ3) is 9.74. The first kappa shape index (κ1) is 28.3. The van der Waals surface area contributed by atoms with Crippen molar-refractivity contribution in [1.82, 2.24) is 4.98 Å². The molecular formula is C22H30F3N3O. The van der Waals surface area contributed by atoms with Gasteiger partial charge in [-0.2, -0.15) is 18.4 Å². The number of nitrogens with one attached hydrogen (secondary N) is 2. The minimum Gasteiger partial charge on any atom is -0.321 e. The van der Waals surface area contributed by atoms with Gasteiger partial charge in [0.05, 0.1) is 5.56 Å². The number of hydrogen-bond donors (Lipinski definition) is 2. The van der Waals surface area contributed by atoms with Crippen LogP contribution in [0.2, 0.25) is 0 Å². The molecule has 0 radical (unpaired) electrons. The molecule has 0 saturated heterocycles. The molecule has 1 aliphatic rings. The van der Waals surface area contributed by atoms with E-state index in [2.05, 4.69) is 18.1 Å². The van der Waals surface area contributed by atoms with E-state index in [0.717, 1.165) is 18.6 Å². The van der Waals surface area contributed by atoms with Gasteiger partial charge in [-0.1, -0.05) is 59.1 Å². The highest BCUT2D eigenvalue weighted by molar-refractivity contribution is 5.82. The van der Waals surface area contributed by atoms with Gasteiger partial charge in [0.25, 0.3) is 5.56 Å². The number of pyridine rings is 1. The molecule has 4 nitrogen and oxygen atoms in total. The summed E-state index contributed by atoms with van der Waals surface area (Å²) in [4.78, 5) is 13.7. The molecule has 29 heavy (non-hydrogen) atoms. The lowest BCUT2D eigenvalue weighted by Crippen LogP contribution is -2.20. The van der Waals surface area contributed by atoms with E-state index >= 15 is 0 Å². The molecule has 1 fully saturated rings. The van der Waals surface area contributed by atoms with Crippen LogP contribution in [0.4, 0.5) is 13.2 Å². The van der Waals surface area contributed by atoms with Gasteiger partial charge in [0.2, 0.25) is 0 Å². The highest BCUT2D eigenvalue weighted by Gasteiger charge is 2.35. The van der Waals surface area contributed by atoms with Crippen LogP contribution in [0.1, 0.15) is 70.2 Å². The first-order valence-electron chi connectivity index (χ1n) is 9.51. The molecular weight excluding hydrogens is 379 g/mol. The largest absolute Gasteiger partial charge is 0.417 e. The van der Waals surface area contributed by atoms with Crippen LogP contribution in [0.5, 0.6) is 0 Å². The van der Waals surface area contributed by atoms with Crippen LogP contribution in [0, 0.1) is 16.7 Å². The molecule has 1 aromatic heterocycles. The minimum absolute atomic E-state index is 0.0776. The van der Waals surface area contributed by atoms with Gasteiger partial charge in [0.15, 0.2) is 0 Å². The van der Waals surface area contributed by atoms with Gasteiger partial charge in [0.1, 0.15) is 11.6 Å². The van der Waals surface area contributed by atoms with Crippen LogP contribution in [0.25, 0.3) is 5.57 Å². The molecule has 1 saturated carbocycles. The molecule has 0 aliphatic heterocycles. The van der Waals surface area contributed by atoms with Gasteiger partial charge in [0, 0.05) is 11.4 Å². The zero-order chi connectivity index (χ0) is 23.0. The Labute approximate surface area is 171 Å². The number of rotatable bonds is 3. The smallest absolute Gasteiger partial charge is 0.321 e. The molecule has 1 heterocycles. The zero-order valence-electron chi connectivity index (χ0n) is 17.5. The molecule has 0 amide bonds. The number of aromatic nitrogens is 1. The SMILES string of the molecule is C=C/C=C(\C=C)c1cc(C(F)(F)F)c(C#N)c(=O)[nH]1.CC.CC.N=C1CCCC1. The summed E-state index contributed by atoms with van der Waals surface area (Å²) < 4.78 is 38.3. The summed E-state index contributed by atoms with van der Waals surface area (Å²) in [6.07, 6.45) is 3.90.